The van der Waals surface area contributed by atoms with E-state index in [9.17, 15) is 0 Å². The van der Waals surface area contributed by atoms with Crippen molar-refractivity contribution in [3.8, 4) is 0 Å². The Labute approximate surface area is 165 Å². The number of rotatable bonds is 4. The van der Waals surface area contributed by atoms with E-state index in [1.165, 1.54) is 0 Å². The van der Waals surface area contributed by atoms with Crippen molar-refractivity contribution >= 4 is 11.9 Å². The molecule has 28 heavy (non-hydrogen) atoms. The molecule has 1 N–H and O–H groups in total. The molecular weight excluding hydrogens is 354 g/mol. The second-order valence-electron chi connectivity index (χ2n) is 7.40. The highest BCUT2D eigenvalue weighted by Crippen LogP contribution is 2.20. The number of anilines is 1. The molecule has 1 atom stereocenters. The van der Waals surface area contributed by atoms with Crippen LogP contribution >= 0.6 is 0 Å². The Morgan fingerprint density at radius 2 is 1.96 bits per heavy atom. The number of aromatic nitrogens is 5. The number of aliphatic imine (C=N–C) groups is 1. The highest BCUT2D eigenvalue weighted by Gasteiger charge is 2.23. The van der Waals surface area contributed by atoms with Crippen molar-refractivity contribution in [3.05, 3.63) is 30.1 Å². The summed E-state index contributed by atoms with van der Waals surface area (Å²) in [6.45, 7) is 10.5. The summed E-state index contributed by atoms with van der Waals surface area (Å²) in [6.07, 6.45) is 5.72. The molecule has 0 bridgehead atoms. The number of nitrogens with one attached hydrogen (secondary N) is 1. The van der Waals surface area contributed by atoms with Crippen LogP contribution in [0.4, 0.5) is 5.95 Å². The summed E-state index contributed by atoms with van der Waals surface area (Å²) in [7, 11) is 0. The summed E-state index contributed by atoms with van der Waals surface area (Å²) in [4.78, 5) is 18.3. The number of aryl methyl sites for hydroxylation is 2. The molecule has 2 aliphatic heterocycles. The van der Waals surface area contributed by atoms with Crippen LogP contribution in [0.3, 0.4) is 0 Å². The van der Waals surface area contributed by atoms with Gasteiger partial charge in [0.1, 0.15) is 11.6 Å². The zero-order valence-electron chi connectivity index (χ0n) is 16.8. The average Bonchev–Trinajstić information content (AvgIpc) is 3.12. The first-order chi connectivity index (χ1) is 13.7. The van der Waals surface area contributed by atoms with Gasteiger partial charge in [-0.2, -0.15) is 0 Å². The van der Waals surface area contributed by atoms with Crippen LogP contribution in [-0.4, -0.2) is 74.9 Å². The minimum Gasteiger partial charge on any atom is -0.357 e. The van der Waals surface area contributed by atoms with Crippen LogP contribution in [0.15, 0.2) is 23.5 Å². The van der Waals surface area contributed by atoms with Gasteiger partial charge in [-0.15, -0.1) is 10.2 Å². The molecule has 0 spiro atoms. The molecule has 0 saturated carbocycles. The second-order valence-corrected chi connectivity index (χ2v) is 7.40. The zero-order chi connectivity index (χ0) is 19.3. The fourth-order valence-corrected chi connectivity index (χ4v) is 3.89. The van der Waals surface area contributed by atoms with Crippen LogP contribution in [-0.2, 0) is 13.0 Å². The molecular formula is C19H29N9. The summed E-state index contributed by atoms with van der Waals surface area (Å²) in [5.74, 6) is 4.49. The average molecular weight is 384 g/mol. The maximum absolute atomic E-state index is 4.97. The van der Waals surface area contributed by atoms with Crippen molar-refractivity contribution in [1.29, 1.82) is 0 Å². The Balaban J connectivity index is 1.36. The molecule has 0 radical (unpaired) electrons. The van der Waals surface area contributed by atoms with Gasteiger partial charge in [0.25, 0.3) is 0 Å². The SMILES string of the molecule is CCNC(=NCC1CCc2nnc(C)n2C1)N1CCN(c2ncccn2)CC1. The van der Waals surface area contributed by atoms with Gasteiger partial charge < -0.3 is 19.7 Å². The van der Waals surface area contributed by atoms with Gasteiger partial charge in [-0.3, -0.25) is 4.99 Å². The lowest BCUT2D eigenvalue weighted by atomic mass is 9.99. The molecule has 0 aliphatic carbocycles. The van der Waals surface area contributed by atoms with Crippen molar-refractivity contribution in [1.82, 2.24) is 34.9 Å². The molecule has 0 amide bonds. The van der Waals surface area contributed by atoms with E-state index in [1.54, 1.807) is 12.4 Å². The summed E-state index contributed by atoms with van der Waals surface area (Å²) >= 11 is 0. The number of nitrogens with zero attached hydrogens (tertiary/aromatic N) is 8. The number of piperazine rings is 1. The minimum atomic E-state index is 0.537. The van der Waals surface area contributed by atoms with Gasteiger partial charge in [0.05, 0.1) is 0 Å². The zero-order valence-corrected chi connectivity index (χ0v) is 16.8. The van der Waals surface area contributed by atoms with Gasteiger partial charge in [0.2, 0.25) is 5.95 Å². The van der Waals surface area contributed by atoms with Crippen LogP contribution in [0, 0.1) is 12.8 Å². The Bertz CT molecular complexity index is 793. The van der Waals surface area contributed by atoms with E-state index < -0.39 is 0 Å². The van der Waals surface area contributed by atoms with Gasteiger partial charge >= 0.3 is 0 Å². The normalized spacial score (nSPS) is 20.2. The molecule has 9 nitrogen and oxygen atoms in total. The number of fused-ring (bicyclic) bond motifs is 1. The van der Waals surface area contributed by atoms with Crippen molar-refractivity contribution < 1.29 is 0 Å². The standard InChI is InChI=1S/C19H29N9/c1-3-20-18(23-13-16-5-6-17-25-24-15(2)28(17)14-16)26-9-11-27(12-10-26)19-21-7-4-8-22-19/h4,7-8,16H,3,5-6,9-14H2,1-2H3,(H,20,23). The molecule has 1 fully saturated rings. The van der Waals surface area contributed by atoms with Gasteiger partial charge in [-0.05, 0) is 32.3 Å². The molecule has 0 aromatic carbocycles. The first-order valence-corrected chi connectivity index (χ1v) is 10.2. The van der Waals surface area contributed by atoms with E-state index in [0.717, 1.165) is 82.2 Å². The van der Waals surface area contributed by atoms with Crippen LogP contribution in [0.2, 0.25) is 0 Å². The third kappa shape index (κ3) is 4.07. The maximum Gasteiger partial charge on any atom is 0.225 e. The molecule has 150 valence electrons. The third-order valence-electron chi connectivity index (χ3n) is 5.48. The van der Waals surface area contributed by atoms with E-state index >= 15 is 0 Å². The lowest BCUT2D eigenvalue weighted by Gasteiger charge is -2.36. The predicted octanol–water partition coefficient (Wildman–Crippen LogP) is 0.727. The van der Waals surface area contributed by atoms with Crippen molar-refractivity contribution in [2.24, 2.45) is 10.9 Å². The van der Waals surface area contributed by atoms with Gasteiger partial charge in [0.15, 0.2) is 5.96 Å². The topological polar surface area (TPSA) is 87.4 Å². The summed E-state index contributed by atoms with van der Waals surface area (Å²) in [5, 5.41) is 11.9. The Kier molecular flexibility index (Phi) is 5.68. The summed E-state index contributed by atoms with van der Waals surface area (Å²) in [6, 6.07) is 1.85. The molecule has 2 aromatic rings. The molecule has 1 unspecified atom stereocenters. The van der Waals surface area contributed by atoms with E-state index in [0.29, 0.717) is 5.92 Å². The van der Waals surface area contributed by atoms with E-state index in [1.807, 2.05) is 13.0 Å². The molecule has 9 heteroatoms. The Morgan fingerprint density at radius 1 is 1.18 bits per heavy atom. The number of hydrogen-bond acceptors (Lipinski definition) is 6. The minimum absolute atomic E-state index is 0.537. The van der Waals surface area contributed by atoms with E-state index in [-0.39, 0.29) is 0 Å². The van der Waals surface area contributed by atoms with Crippen molar-refractivity contribution in [3.63, 3.8) is 0 Å². The molecule has 2 aliphatic rings. The first-order valence-electron chi connectivity index (χ1n) is 10.2. The molecule has 4 rings (SSSR count). The molecule has 2 aromatic heterocycles. The number of guanidine groups is 1. The quantitative estimate of drug-likeness (QED) is 0.615. The predicted molar refractivity (Wildman–Crippen MR) is 108 cm³/mol. The lowest BCUT2D eigenvalue weighted by molar-refractivity contribution is 0.353. The van der Waals surface area contributed by atoms with E-state index in [4.69, 9.17) is 4.99 Å². The van der Waals surface area contributed by atoms with Crippen molar-refractivity contribution in [2.75, 3.05) is 44.2 Å². The molecule has 4 heterocycles. The smallest absolute Gasteiger partial charge is 0.225 e. The van der Waals surface area contributed by atoms with Gasteiger partial charge in [-0.25, -0.2) is 9.97 Å². The fraction of sp³-hybridized carbons (Fsp3) is 0.632. The van der Waals surface area contributed by atoms with Crippen LogP contribution in [0.1, 0.15) is 25.0 Å². The largest absolute Gasteiger partial charge is 0.357 e. The summed E-state index contributed by atoms with van der Waals surface area (Å²) in [5.41, 5.74) is 0. The van der Waals surface area contributed by atoms with E-state index in [2.05, 4.69) is 46.8 Å². The fourth-order valence-electron chi connectivity index (χ4n) is 3.89. The molecule has 1 saturated heterocycles. The first kappa shape index (κ1) is 18.6. The van der Waals surface area contributed by atoms with Crippen molar-refractivity contribution in [2.45, 2.75) is 33.2 Å². The maximum atomic E-state index is 4.97. The third-order valence-corrected chi connectivity index (χ3v) is 5.48. The van der Waals surface area contributed by atoms with Gasteiger partial charge in [0, 0.05) is 64.6 Å². The Hall–Kier alpha value is -2.71. The summed E-state index contributed by atoms with van der Waals surface area (Å²) < 4.78 is 2.25. The van der Waals surface area contributed by atoms with Crippen LogP contribution in [0.25, 0.3) is 0 Å². The lowest BCUT2D eigenvalue weighted by Crippen LogP contribution is -2.53. The highest BCUT2D eigenvalue weighted by atomic mass is 15.4. The second kappa shape index (κ2) is 8.53. The van der Waals surface area contributed by atoms with Crippen LogP contribution < -0.4 is 10.2 Å². The Morgan fingerprint density at radius 3 is 2.71 bits per heavy atom. The monoisotopic (exact) mass is 383 g/mol. The van der Waals surface area contributed by atoms with Crippen LogP contribution in [0.5, 0.6) is 0 Å². The highest BCUT2D eigenvalue weighted by molar-refractivity contribution is 5.80. The number of hydrogen-bond donors (Lipinski definition) is 1. The van der Waals surface area contributed by atoms with Gasteiger partial charge in [-0.1, -0.05) is 0 Å².